The van der Waals surface area contributed by atoms with E-state index in [-0.39, 0.29) is 18.0 Å². The van der Waals surface area contributed by atoms with Crippen LogP contribution in [0.25, 0.3) is 11.1 Å². The number of phenolic OH excluding ortho intramolecular Hbond substituents is 1. The number of ether oxygens (including phenoxy) is 2. The third-order valence-corrected chi connectivity index (χ3v) is 6.09. The molecule has 0 fully saturated rings. The standard InChI is InChI=1S/C32H37NO6/c1-31(2,3)25-18-20(19-26(29(36)38-7)33-30(37)39-32(4,5)6)17-24(28(25)35)21-13-15-23(16-14-21)27(34)22-11-9-8-10-12-22/h8-18,26,35H,19H2,1-7H3,(H,33,37). The molecule has 1 atom stereocenters. The van der Waals surface area contributed by atoms with Crippen LogP contribution in [0.1, 0.15) is 68.6 Å². The molecule has 39 heavy (non-hydrogen) atoms. The van der Waals surface area contributed by atoms with Crippen molar-refractivity contribution in [3.63, 3.8) is 0 Å². The SMILES string of the molecule is COC(=O)C(Cc1cc(-c2ccc(C(=O)c3ccccc3)cc2)c(O)c(C(C)(C)C)c1)NC(=O)OC(C)(C)C. The summed E-state index contributed by atoms with van der Waals surface area (Å²) in [6.45, 7) is 11.1. The molecule has 0 saturated carbocycles. The van der Waals surface area contributed by atoms with Gasteiger partial charge in [-0.3, -0.25) is 4.79 Å². The van der Waals surface area contributed by atoms with E-state index in [1.54, 1.807) is 63.2 Å². The maximum atomic E-state index is 12.9. The van der Waals surface area contributed by atoms with E-state index in [0.29, 0.717) is 33.4 Å². The Labute approximate surface area is 230 Å². The lowest BCUT2D eigenvalue weighted by atomic mass is 9.82. The maximum Gasteiger partial charge on any atom is 0.408 e. The van der Waals surface area contributed by atoms with Crippen molar-refractivity contribution in [2.24, 2.45) is 0 Å². The van der Waals surface area contributed by atoms with Gasteiger partial charge in [0.05, 0.1) is 7.11 Å². The summed E-state index contributed by atoms with van der Waals surface area (Å²) in [5.74, 6) is -0.593. The summed E-state index contributed by atoms with van der Waals surface area (Å²) in [6, 6.07) is 18.7. The van der Waals surface area contributed by atoms with Crippen LogP contribution in [0.15, 0.2) is 66.7 Å². The second-order valence-corrected chi connectivity index (χ2v) is 11.5. The zero-order valence-electron chi connectivity index (χ0n) is 23.6. The van der Waals surface area contributed by atoms with Gasteiger partial charge in [0.25, 0.3) is 0 Å². The third-order valence-electron chi connectivity index (χ3n) is 6.09. The van der Waals surface area contributed by atoms with Crippen molar-refractivity contribution in [3.05, 3.63) is 89.0 Å². The minimum Gasteiger partial charge on any atom is -0.507 e. The van der Waals surface area contributed by atoms with Gasteiger partial charge in [0.15, 0.2) is 5.78 Å². The number of esters is 1. The van der Waals surface area contributed by atoms with Crippen molar-refractivity contribution in [1.29, 1.82) is 0 Å². The Morgan fingerprint density at radius 1 is 0.872 bits per heavy atom. The van der Waals surface area contributed by atoms with Gasteiger partial charge in [0.2, 0.25) is 0 Å². The molecular formula is C32H37NO6. The van der Waals surface area contributed by atoms with Crippen LogP contribution in [0.4, 0.5) is 4.79 Å². The van der Waals surface area contributed by atoms with Gasteiger partial charge in [-0.2, -0.15) is 0 Å². The van der Waals surface area contributed by atoms with Crippen molar-refractivity contribution in [2.75, 3.05) is 7.11 Å². The molecule has 0 aliphatic rings. The molecule has 0 aromatic heterocycles. The average molecular weight is 532 g/mol. The molecule has 0 spiro atoms. The van der Waals surface area contributed by atoms with E-state index in [1.807, 2.05) is 45.0 Å². The Hall–Kier alpha value is -4.13. The number of phenols is 1. The van der Waals surface area contributed by atoms with Gasteiger partial charge in [0, 0.05) is 28.7 Å². The van der Waals surface area contributed by atoms with Crippen molar-refractivity contribution >= 4 is 17.8 Å². The van der Waals surface area contributed by atoms with Gasteiger partial charge < -0.3 is 19.9 Å². The lowest BCUT2D eigenvalue weighted by Crippen LogP contribution is -2.45. The minimum absolute atomic E-state index is 0.0929. The predicted octanol–water partition coefficient (Wildman–Crippen LogP) is 6.20. The van der Waals surface area contributed by atoms with E-state index in [4.69, 9.17) is 9.47 Å². The van der Waals surface area contributed by atoms with Crippen molar-refractivity contribution < 1.29 is 29.0 Å². The van der Waals surface area contributed by atoms with Crippen LogP contribution in [0.2, 0.25) is 0 Å². The van der Waals surface area contributed by atoms with E-state index in [9.17, 15) is 19.5 Å². The lowest BCUT2D eigenvalue weighted by Gasteiger charge is -2.25. The fourth-order valence-electron chi connectivity index (χ4n) is 4.18. The average Bonchev–Trinajstić information content (AvgIpc) is 2.87. The minimum atomic E-state index is -0.999. The van der Waals surface area contributed by atoms with E-state index in [0.717, 1.165) is 0 Å². The van der Waals surface area contributed by atoms with Crippen LogP contribution in [0.5, 0.6) is 5.75 Å². The van der Waals surface area contributed by atoms with Crippen LogP contribution in [0.3, 0.4) is 0 Å². The first-order chi connectivity index (χ1) is 18.2. The number of rotatable bonds is 7. The number of carbonyl (C=O) groups excluding carboxylic acids is 3. The number of methoxy groups -OCH3 is 1. The summed E-state index contributed by atoms with van der Waals surface area (Å²) >= 11 is 0. The number of carbonyl (C=O) groups is 3. The molecule has 0 saturated heterocycles. The summed E-state index contributed by atoms with van der Waals surface area (Å²) in [5, 5.41) is 13.9. The number of hydrogen-bond acceptors (Lipinski definition) is 6. The Balaban J connectivity index is 1.99. The molecule has 0 aliphatic heterocycles. The monoisotopic (exact) mass is 531 g/mol. The molecule has 3 aromatic carbocycles. The summed E-state index contributed by atoms with van der Waals surface area (Å²) in [6.07, 6.45) is -0.612. The fourth-order valence-corrected chi connectivity index (χ4v) is 4.18. The lowest BCUT2D eigenvalue weighted by molar-refractivity contribution is -0.143. The highest BCUT2D eigenvalue weighted by Crippen LogP contribution is 2.40. The van der Waals surface area contributed by atoms with Crippen molar-refractivity contribution in [3.8, 4) is 16.9 Å². The highest BCUT2D eigenvalue weighted by molar-refractivity contribution is 6.09. The molecule has 7 heteroatoms. The van der Waals surface area contributed by atoms with E-state index < -0.39 is 29.1 Å². The molecular weight excluding hydrogens is 494 g/mol. The first kappa shape index (κ1) is 29.4. The number of hydrogen-bond donors (Lipinski definition) is 2. The summed E-state index contributed by atoms with van der Waals surface area (Å²) in [7, 11) is 1.26. The number of ketones is 1. The molecule has 3 rings (SSSR count). The Bertz CT molecular complexity index is 1330. The van der Waals surface area contributed by atoms with Gasteiger partial charge in [-0.1, -0.05) is 81.4 Å². The van der Waals surface area contributed by atoms with Crippen LogP contribution in [-0.2, 0) is 26.1 Å². The molecule has 1 unspecified atom stereocenters. The van der Waals surface area contributed by atoms with Crippen molar-refractivity contribution in [2.45, 2.75) is 65.0 Å². The molecule has 3 aromatic rings. The maximum absolute atomic E-state index is 12.9. The van der Waals surface area contributed by atoms with Gasteiger partial charge in [-0.25, -0.2) is 9.59 Å². The molecule has 0 heterocycles. The zero-order chi connectivity index (χ0) is 29.0. The zero-order valence-corrected chi connectivity index (χ0v) is 23.6. The van der Waals surface area contributed by atoms with Crippen molar-refractivity contribution in [1.82, 2.24) is 5.32 Å². The molecule has 0 aliphatic carbocycles. The first-order valence-electron chi connectivity index (χ1n) is 12.8. The molecule has 7 nitrogen and oxygen atoms in total. The van der Waals surface area contributed by atoms with Crippen LogP contribution in [0, 0.1) is 0 Å². The largest absolute Gasteiger partial charge is 0.507 e. The number of amides is 1. The molecule has 0 bridgehead atoms. The summed E-state index contributed by atoms with van der Waals surface area (Å²) in [4.78, 5) is 37.8. The number of benzene rings is 3. The van der Waals surface area contributed by atoms with Gasteiger partial charge in [-0.05, 0) is 43.4 Å². The summed E-state index contributed by atoms with van der Waals surface area (Å²) < 4.78 is 10.3. The first-order valence-corrected chi connectivity index (χ1v) is 12.8. The third kappa shape index (κ3) is 7.69. The van der Waals surface area contributed by atoms with Gasteiger partial charge >= 0.3 is 12.1 Å². The molecule has 0 radical (unpaired) electrons. The fraction of sp³-hybridized carbons (Fsp3) is 0.344. The molecule has 2 N–H and O–H groups in total. The predicted molar refractivity (Wildman–Crippen MR) is 151 cm³/mol. The topological polar surface area (TPSA) is 102 Å². The molecule has 206 valence electrons. The Kier molecular flexibility index (Phi) is 8.85. The highest BCUT2D eigenvalue weighted by Gasteiger charge is 2.28. The molecule has 1 amide bonds. The summed E-state index contributed by atoms with van der Waals surface area (Å²) in [5.41, 5.74) is 2.63. The van der Waals surface area contributed by atoms with Gasteiger partial charge in [0.1, 0.15) is 17.4 Å². The second kappa shape index (κ2) is 11.7. The quantitative estimate of drug-likeness (QED) is 0.278. The van der Waals surface area contributed by atoms with Crippen LogP contribution in [-0.4, -0.2) is 41.7 Å². The smallest absolute Gasteiger partial charge is 0.408 e. The highest BCUT2D eigenvalue weighted by atomic mass is 16.6. The Morgan fingerprint density at radius 2 is 1.46 bits per heavy atom. The number of alkyl carbamates (subject to hydrolysis) is 1. The normalized spacial score (nSPS) is 12.4. The van der Waals surface area contributed by atoms with Crippen LogP contribution >= 0.6 is 0 Å². The van der Waals surface area contributed by atoms with E-state index in [1.165, 1.54) is 7.11 Å². The van der Waals surface area contributed by atoms with Gasteiger partial charge in [-0.15, -0.1) is 0 Å². The number of nitrogens with one attached hydrogen (secondary N) is 1. The number of aromatic hydroxyl groups is 1. The van der Waals surface area contributed by atoms with E-state index in [2.05, 4.69) is 5.32 Å². The Morgan fingerprint density at radius 3 is 2.00 bits per heavy atom. The van der Waals surface area contributed by atoms with E-state index >= 15 is 0 Å². The second-order valence-electron chi connectivity index (χ2n) is 11.5. The van der Waals surface area contributed by atoms with Crippen LogP contribution < -0.4 is 5.32 Å².